The van der Waals surface area contributed by atoms with E-state index in [0.29, 0.717) is 24.7 Å². The molecule has 1 aliphatic rings. The molecule has 1 fully saturated rings. The van der Waals surface area contributed by atoms with Crippen molar-refractivity contribution in [3.05, 3.63) is 29.8 Å². The molecule has 1 amide bonds. The van der Waals surface area contributed by atoms with Crippen molar-refractivity contribution in [2.24, 2.45) is 5.92 Å². The minimum atomic E-state index is -3.52. The minimum Gasteiger partial charge on any atom is -0.337 e. The molecule has 1 aromatic rings. The summed E-state index contributed by atoms with van der Waals surface area (Å²) >= 11 is 0. The molecule has 0 radical (unpaired) electrons. The van der Waals surface area contributed by atoms with E-state index in [1.165, 1.54) is 12.1 Å². The van der Waals surface area contributed by atoms with Crippen LogP contribution in [-0.2, 0) is 10.0 Å². The Morgan fingerprint density at radius 3 is 2.54 bits per heavy atom. The molecular formula is C17H27N3O3S. The summed E-state index contributed by atoms with van der Waals surface area (Å²) in [6, 6.07) is 6.50. The summed E-state index contributed by atoms with van der Waals surface area (Å²) in [6.07, 6.45) is 2.04. The molecule has 1 heterocycles. The zero-order chi connectivity index (χ0) is 17.7. The molecule has 1 aromatic carbocycles. The summed E-state index contributed by atoms with van der Waals surface area (Å²) in [5, 5.41) is 3.21. The topological polar surface area (TPSA) is 78.5 Å². The minimum absolute atomic E-state index is 0.0472. The Balaban J connectivity index is 2.07. The van der Waals surface area contributed by atoms with E-state index in [0.717, 1.165) is 19.4 Å². The number of nitrogens with one attached hydrogen (secondary N) is 2. The Morgan fingerprint density at radius 2 is 1.96 bits per heavy atom. The molecule has 1 atom stereocenters. The highest BCUT2D eigenvalue weighted by atomic mass is 32.2. The number of sulfonamides is 1. The van der Waals surface area contributed by atoms with Gasteiger partial charge in [-0.05, 0) is 50.1 Å². The van der Waals surface area contributed by atoms with Gasteiger partial charge in [0.1, 0.15) is 0 Å². The van der Waals surface area contributed by atoms with Gasteiger partial charge in [-0.3, -0.25) is 4.79 Å². The highest BCUT2D eigenvalue weighted by Crippen LogP contribution is 2.16. The van der Waals surface area contributed by atoms with E-state index in [4.69, 9.17) is 0 Å². The molecule has 0 aliphatic carbocycles. The monoisotopic (exact) mass is 353 g/mol. The Bertz CT molecular complexity index is 656. The third-order valence-electron chi connectivity index (χ3n) is 4.21. The van der Waals surface area contributed by atoms with Crippen LogP contribution in [-0.4, -0.2) is 51.9 Å². The molecule has 0 spiro atoms. The number of likely N-dealkylation sites (tertiary alicyclic amines) is 1. The highest BCUT2D eigenvalue weighted by molar-refractivity contribution is 7.89. The first-order valence-electron chi connectivity index (χ1n) is 8.39. The zero-order valence-electron chi connectivity index (χ0n) is 14.6. The van der Waals surface area contributed by atoms with Crippen molar-refractivity contribution in [3.8, 4) is 0 Å². The van der Waals surface area contributed by atoms with Crippen LogP contribution in [0.4, 0.5) is 0 Å². The molecule has 24 heavy (non-hydrogen) atoms. The molecule has 1 unspecified atom stereocenters. The summed E-state index contributed by atoms with van der Waals surface area (Å²) in [5.41, 5.74) is 0.523. The van der Waals surface area contributed by atoms with Crippen LogP contribution in [0.5, 0.6) is 0 Å². The average Bonchev–Trinajstić information content (AvgIpc) is 2.59. The molecule has 134 valence electrons. The largest absolute Gasteiger partial charge is 0.337 e. The average molecular weight is 353 g/mol. The SMILES string of the molecule is CNC1CCCN(C(=O)c2ccc(S(=O)(=O)NCC(C)C)cc2)C1. The Morgan fingerprint density at radius 1 is 1.29 bits per heavy atom. The fourth-order valence-electron chi connectivity index (χ4n) is 2.72. The highest BCUT2D eigenvalue weighted by Gasteiger charge is 2.24. The van der Waals surface area contributed by atoms with E-state index in [9.17, 15) is 13.2 Å². The van der Waals surface area contributed by atoms with E-state index in [1.54, 1.807) is 12.1 Å². The summed E-state index contributed by atoms with van der Waals surface area (Å²) in [5.74, 6) is 0.189. The summed E-state index contributed by atoms with van der Waals surface area (Å²) in [6.45, 7) is 5.71. The van der Waals surface area contributed by atoms with Crippen LogP contribution < -0.4 is 10.0 Å². The van der Waals surface area contributed by atoms with E-state index >= 15 is 0 Å². The predicted molar refractivity (Wildman–Crippen MR) is 94.5 cm³/mol. The maximum Gasteiger partial charge on any atom is 0.253 e. The molecule has 0 aromatic heterocycles. The normalized spacial score (nSPS) is 18.8. The number of amides is 1. The lowest BCUT2D eigenvalue weighted by Gasteiger charge is -2.32. The predicted octanol–water partition coefficient (Wildman–Crippen LogP) is 1.44. The third kappa shape index (κ3) is 4.78. The van der Waals surface area contributed by atoms with Crippen molar-refractivity contribution in [1.82, 2.24) is 14.9 Å². The van der Waals surface area contributed by atoms with E-state index < -0.39 is 10.0 Å². The second-order valence-corrected chi connectivity index (χ2v) is 8.42. The maximum absolute atomic E-state index is 12.6. The number of piperidine rings is 1. The lowest BCUT2D eigenvalue weighted by atomic mass is 10.0. The van der Waals surface area contributed by atoms with Crippen molar-refractivity contribution in [1.29, 1.82) is 0 Å². The molecule has 0 saturated carbocycles. The van der Waals surface area contributed by atoms with Crippen LogP contribution in [0, 0.1) is 5.92 Å². The van der Waals surface area contributed by atoms with Crippen LogP contribution in [0.15, 0.2) is 29.2 Å². The molecule has 7 heteroatoms. The van der Waals surface area contributed by atoms with Crippen molar-refractivity contribution >= 4 is 15.9 Å². The second kappa shape index (κ2) is 8.09. The van der Waals surface area contributed by atoms with Crippen molar-refractivity contribution in [3.63, 3.8) is 0 Å². The number of carbonyl (C=O) groups excluding carboxylic acids is 1. The molecule has 6 nitrogen and oxygen atoms in total. The van der Waals surface area contributed by atoms with Crippen LogP contribution >= 0.6 is 0 Å². The van der Waals surface area contributed by atoms with Crippen molar-refractivity contribution in [2.45, 2.75) is 37.6 Å². The fraction of sp³-hybridized carbons (Fsp3) is 0.588. The molecular weight excluding hydrogens is 326 g/mol. The van der Waals surface area contributed by atoms with Gasteiger partial charge in [0.2, 0.25) is 10.0 Å². The first kappa shape index (κ1) is 18.9. The summed E-state index contributed by atoms with van der Waals surface area (Å²) in [7, 11) is -1.62. The summed E-state index contributed by atoms with van der Waals surface area (Å²) < 4.78 is 26.9. The third-order valence-corrected chi connectivity index (χ3v) is 5.65. The van der Waals surface area contributed by atoms with Gasteiger partial charge in [0.15, 0.2) is 0 Å². The summed E-state index contributed by atoms with van der Waals surface area (Å²) in [4.78, 5) is 14.6. The molecule has 2 N–H and O–H groups in total. The van der Waals surface area contributed by atoms with Crippen molar-refractivity contribution in [2.75, 3.05) is 26.7 Å². The Kier molecular flexibility index (Phi) is 6.37. The van der Waals surface area contributed by atoms with Gasteiger partial charge in [-0.25, -0.2) is 13.1 Å². The van der Waals surface area contributed by atoms with E-state index in [1.807, 2.05) is 25.8 Å². The van der Waals surface area contributed by atoms with Gasteiger partial charge in [0.05, 0.1) is 4.90 Å². The lowest BCUT2D eigenvalue weighted by Crippen LogP contribution is -2.46. The molecule has 0 bridgehead atoms. The Labute approximate surface area is 144 Å². The van der Waals surface area contributed by atoms with E-state index in [2.05, 4.69) is 10.0 Å². The molecule has 1 saturated heterocycles. The standard InChI is InChI=1S/C17H27N3O3S/c1-13(2)11-19-24(22,23)16-8-6-14(7-9-16)17(21)20-10-4-5-15(12-20)18-3/h6-9,13,15,18-19H,4-5,10-12H2,1-3H3. The maximum atomic E-state index is 12.6. The van der Waals surface area contributed by atoms with Gasteiger partial charge in [0.25, 0.3) is 5.91 Å². The van der Waals surface area contributed by atoms with Crippen LogP contribution in [0.1, 0.15) is 37.0 Å². The smallest absolute Gasteiger partial charge is 0.253 e. The lowest BCUT2D eigenvalue weighted by molar-refractivity contribution is 0.0698. The van der Waals surface area contributed by atoms with Gasteiger partial charge in [-0.2, -0.15) is 0 Å². The fourth-order valence-corrected chi connectivity index (χ4v) is 3.93. The first-order valence-corrected chi connectivity index (χ1v) is 9.88. The van der Waals surface area contributed by atoms with Gasteiger partial charge in [-0.15, -0.1) is 0 Å². The number of likely N-dealkylation sites (N-methyl/N-ethyl adjacent to an activating group) is 1. The number of nitrogens with zero attached hydrogens (tertiary/aromatic N) is 1. The first-order chi connectivity index (χ1) is 11.3. The van der Waals surface area contributed by atoms with Gasteiger partial charge < -0.3 is 10.2 Å². The van der Waals surface area contributed by atoms with Gasteiger partial charge in [-0.1, -0.05) is 13.8 Å². The molecule has 1 aliphatic heterocycles. The van der Waals surface area contributed by atoms with E-state index in [-0.39, 0.29) is 16.7 Å². The number of hydrogen-bond donors (Lipinski definition) is 2. The molecule has 2 rings (SSSR count). The van der Waals surface area contributed by atoms with Crippen LogP contribution in [0.2, 0.25) is 0 Å². The number of hydrogen-bond acceptors (Lipinski definition) is 4. The van der Waals surface area contributed by atoms with Crippen molar-refractivity contribution < 1.29 is 13.2 Å². The van der Waals surface area contributed by atoms with Crippen LogP contribution in [0.3, 0.4) is 0 Å². The number of benzene rings is 1. The number of carbonyl (C=O) groups is 1. The second-order valence-electron chi connectivity index (χ2n) is 6.65. The quantitative estimate of drug-likeness (QED) is 0.811. The van der Waals surface area contributed by atoms with Gasteiger partial charge in [0, 0.05) is 31.2 Å². The Hall–Kier alpha value is -1.44. The number of rotatable bonds is 6. The zero-order valence-corrected chi connectivity index (χ0v) is 15.4. The van der Waals surface area contributed by atoms with Gasteiger partial charge >= 0.3 is 0 Å². The van der Waals surface area contributed by atoms with Crippen LogP contribution in [0.25, 0.3) is 0 Å².